The van der Waals surface area contributed by atoms with Crippen LogP contribution in [0.15, 0.2) is 0 Å². The van der Waals surface area contributed by atoms with Gasteiger partial charge < -0.3 is 19.4 Å². The fourth-order valence-electron chi connectivity index (χ4n) is 3.54. The maximum atomic E-state index is 8.25. The second-order valence-corrected chi connectivity index (χ2v) is 7.53. The van der Waals surface area contributed by atoms with Gasteiger partial charge in [-0.15, -0.1) is 0 Å². The van der Waals surface area contributed by atoms with Crippen LogP contribution in [0.4, 0.5) is 0 Å². The zero-order valence-corrected chi connectivity index (χ0v) is 14.0. The molecule has 0 saturated carbocycles. The van der Waals surface area contributed by atoms with Crippen molar-refractivity contribution in [3.63, 3.8) is 0 Å². The van der Waals surface area contributed by atoms with Crippen LogP contribution < -0.4 is 0 Å². The molecule has 0 spiro atoms. The summed E-state index contributed by atoms with van der Waals surface area (Å²) in [6, 6.07) is 0. The molecule has 5 nitrogen and oxygen atoms in total. The van der Waals surface area contributed by atoms with Crippen LogP contribution in [0, 0.1) is 0 Å². The highest BCUT2D eigenvalue weighted by Crippen LogP contribution is 2.37. The molecule has 0 radical (unpaired) electrons. The average Bonchev–Trinajstić information content (AvgIpc) is 2.42. The number of rotatable bonds is 5. The first-order valence-electron chi connectivity index (χ1n) is 8.18. The lowest BCUT2D eigenvalue weighted by Gasteiger charge is -2.47. The number of hydrogen-bond acceptors (Lipinski definition) is 4. The van der Waals surface area contributed by atoms with Crippen LogP contribution >= 0.6 is 0 Å². The van der Waals surface area contributed by atoms with Gasteiger partial charge in [0.2, 0.25) is 0 Å². The topological polar surface area (TPSA) is 53.8 Å². The first-order chi connectivity index (χ1) is 9.81. The van der Waals surface area contributed by atoms with E-state index in [1.807, 2.05) is 0 Å². The predicted molar refractivity (Wildman–Crippen MR) is 82.1 cm³/mol. The van der Waals surface area contributed by atoms with Gasteiger partial charge in [0.15, 0.2) is 6.29 Å². The van der Waals surface area contributed by atoms with Crippen LogP contribution in [0.2, 0.25) is 0 Å². The normalized spacial score (nSPS) is 30.4. The maximum Gasteiger partial charge on any atom is 0.157 e. The number of nitrogens with zero attached hydrogens (tertiary/aromatic N) is 1. The highest BCUT2D eigenvalue weighted by atomic mass is 16.7. The molecule has 2 fully saturated rings. The molecule has 2 aliphatic heterocycles. The summed E-state index contributed by atoms with van der Waals surface area (Å²) in [6.07, 6.45) is 5.27. The van der Waals surface area contributed by atoms with Crippen molar-refractivity contribution >= 4 is 0 Å². The van der Waals surface area contributed by atoms with E-state index in [0.29, 0.717) is 13.2 Å². The van der Waals surface area contributed by atoms with Crippen LogP contribution in [0.5, 0.6) is 0 Å². The third-order valence-electron chi connectivity index (χ3n) is 4.54. The zero-order chi connectivity index (χ0) is 15.5. The van der Waals surface area contributed by atoms with Gasteiger partial charge in [-0.25, -0.2) is 0 Å². The molecule has 0 bridgehead atoms. The van der Waals surface area contributed by atoms with Crippen molar-refractivity contribution in [1.82, 2.24) is 5.06 Å². The Bertz CT molecular complexity index is 308. The molecule has 0 amide bonds. The number of hydroxylamine groups is 2. The first-order valence-corrected chi connectivity index (χ1v) is 8.18. The minimum atomic E-state index is -0.153. The lowest BCUT2D eigenvalue weighted by molar-refractivity contribution is -0.262. The average molecular weight is 302 g/mol. The molecular weight excluding hydrogens is 270 g/mol. The van der Waals surface area contributed by atoms with Crippen LogP contribution in [-0.2, 0) is 14.2 Å². The molecule has 2 rings (SSSR count). The Hall–Kier alpha value is -0.200. The van der Waals surface area contributed by atoms with E-state index >= 15 is 0 Å². The molecular formula is C16H32NO4+. The summed E-state index contributed by atoms with van der Waals surface area (Å²) in [7, 11) is 0. The summed E-state index contributed by atoms with van der Waals surface area (Å²) in [4.78, 5) is 0. The molecule has 1 atom stereocenters. The highest BCUT2D eigenvalue weighted by Gasteiger charge is 2.48. The summed E-state index contributed by atoms with van der Waals surface area (Å²) >= 11 is 0. The Labute approximate surface area is 128 Å². The van der Waals surface area contributed by atoms with Crippen molar-refractivity contribution < 1.29 is 19.4 Å². The Morgan fingerprint density at radius 1 is 1.05 bits per heavy atom. The molecule has 0 aromatic heterocycles. The van der Waals surface area contributed by atoms with Crippen molar-refractivity contribution in [3.05, 3.63) is 0 Å². The Morgan fingerprint density at radius 3 is 2.24 bits per heavy atom. The van der Waals surface area contributed by atoms with E-state index in [2.05, 4.69) is 27.7 Å². The standard InChI is InChI=1S/C16H31NO4/c1-15(2)11-13(12-16(3,4)17(15)18)19-9-10-21-14-7-5-6-8-20-14/h13-14,18H,5-12H2,1-4H3/p+1. The first kappa shape index (κ1) is 17.2. The smallest absolute Gasteiger partial charge is 0.157 e. The van der Waals surface area contributed by atoms with Crippen molar-refractivity contribution in [3.8, 4) is 0 Å². The van der Waals surface area contributed by atoms with Gasteiger partial charge in [0.1, 0.15) is 0 Å². The number of hydrogen-bond donors (Lipinski definition) is 0. The van der Waals surface area contributed by atoms with Gasteiger partial charge in [-0.2, -0.15) is 0 Å². The lowest BCUT2D eigenvalue weighted by atomic mass is 9.80. The van der Waals surface area contributed by atoms with E-state index in [4.69, 9.17) is 19.4 Å². The van der Waals surface area contributed by atoms with Crippen molar-refractivity contribution in [1.29, 1.82) is 0 Å². The molecule has 2 saturated heterocycles. The van der Waals surface area contributed by atoms with Gasteiger partial charge in [0.25, 0.3) is 0 Å². The molecule has 1 unspecified atom stereocenters. The summed E-state index contributed by atoms with van der Waals surface area (Å²) in [5.41, 5.74) is -0.306. The summed E-state index contributed by atoms with van der Waals surface area (Å²) in [6.45, 7) is 10.5. The zero-order valence-electron chi connectivity index (χ0n) is 14.0. The van der Waals surface area contributed by atoms with Gasteiger partial charge >= 0.3 is 0 Å². The van der Waals surface area contributed by atoms with Crippen LogP contribution in [-0.4, -0.2) is 53.6 Å². The fourth-order valence-corrected chi connectivity index (χ4v) is 3.54. The summed E-state index contributed by atoms with van der Waals surface area (Å²) in [5.74, 6) is 0. The Morgan fingerprint density at radius 2 is 1.67 bits per heavy atom. The summed E-state index contributed by atoms with van der Waals surface area (Å²) < 4.78 is 17.2. The molecule has 0 aromatic rings. The van der Waals surface area contributed by atoms with Crippen LogP contribution in [0.1, 0.15) is 59.8 Å². The maximum absolute atomic E-state index is 8.25. The van der Waals surface area contributed by atoms with Gasteiger partial charge in [0, 0.05) is 6.61 Å². The van der Waals surface area contributed by atoms with E-state index in [-0.39, 0.29) is 23.5 Å². The lowest BCUT2D eigenvalue weighted by Crippen LogP contribution is -2.60. The van der Waals surface area contributed by atoms with E-state index in [9.17, 15) is 0 Å². The van der Waals surface area contributed by atoms with E-state index in [1.54, 1.807) is 5.06 Å². The van der Waals surface area contributed by atoms with Crippen molar-refractivity contribution in [2.24, 2.45) is 0 Å². The second kappa shape index (κ2) is 6.92. The van der Waals surface area contributed by atoms with E-state index in [1.165, 1.54) is 6.42 Å². The van der Waals surface area contributed by atoms with E-state index < -0.39 is 0 Å². The fraction of sp³-hybridized carbons (Fsp3) is 1.00. The molecule has 124 valence electrons. The quantitative estimate of drug-likeness (QED) is 0.577. The van der Waals surface area contributed by atoms with Crippen molar-refractivity contribution in [2.45, 2.75) is 83.3 Å². The molecule has 2 aliphatic rings. The summed E-state index contributed by atoms with van der Waals surface area (Å²) in [5, 5.41) is 9.98. The third kappa shape index (κ3) is 4.63. The van der Waals surface area contributed by atoms with Crippen molar-refractivity contribution in [2.75, 3.05) is 19.8 Å². The molecule has 2 N–H and O–H groups in total. The molecule has 21 heavy (non-hydrogen) atoms. The third-order valence-corrected chi connectivity index (χ3v) is 4.54. The number of ether oxygens (including phenoxy) is 3. The van der Waals surface area contributed by atoms with Crippen LogP contribution in [0.3, 0.4) is 0 Å². The molecule has 5 heteroatoms. The Kier molecular flexibility index (Phi) is 5.65. The van der Waals surface area contributed by atoms with Gasteiger partial charge in [-0.3, -0.25) is 0 Å². The number of piperidine rings is 1. The predicted octanol–water partition coefficient (Wildman–Crippen LogP) is 2.21. The van der Waals surface area contributed by atoms with Crippen LogP contribution in [0.25, 0.3) is 0 Å². The van der Waals surface area contributed by atoms with Gasteiger partial charge in [-0.1, -0.05) is 5.06 Å². The molecule has 0 aliphatic carbocycles. The molecule has 2 heterocycles. The minimum absolute atomic E-state index is 0.0367. The monoisotopic (exact) mass is 302 g/mol. The SMILES string of the molecule is CC1(C)CC(OCCOC2CCCCO2)CC(C)(C)N1[OH2+]. The second-order valence-electron chi connectivity index (χ2n) is 7.53. The molecule has 0 aromatic carbocycles. The highest BCUT2D eigenvalue weighted by molar-refractivity contribution is 4.96. The Balaban J connectivity index is 1.70. The van der Waals surface area contributed by atoms with E-state index in [0.717, 1.165) is 32.3 Å². The van der Waals surface area contributed by atoms with Gasteiger partial charge in [-0.05, 0) is 59.8 Å². The minimum Gasteiger partial charge on any atom is -0.376 e. The van der Waals surface area contributed by atoms with Gasteiger partial charge in [0.05, 0.1) is 30.4 Å². The largest absolute Gasteiger partial charge is 0.376 e.